The average molecular weight is 284 g/mol. The molecule has 0 aliphatic rings. The lowest BCUT2D eigenvalue weighted by Gasteiger charge is -2.20. The molecule has 0 bridgehead atoms. The number of rotatable bonds is 6. The molecule has 1 aromatic rings. The van der Waals surface area contributed by atoms with Gasteiger partial charge >= 0.3 is 11.9 Å². The minimum absolute atomic E-state index is 0.0743. The molecule has 0 aliphatic heterocycles. The third-order valence-corrected chi connectivity index (χ3v) is 2.61. The summed E-state index contributed by atoms with van der Waals surface area (Å²) in [6.07, 6.45) is -1.45. The quantitative estimate of drug-likeness (QED) is 0.634. The third kappa shape index (κ3) is 4.03. The maximum absolute atomic E-state index is 12.8. The second-order valence-corrected chi connectivity index (χ2v) is 3.98. The molecule has 0 aromatic heterocycles. The Morgan fingerprint density at radius 2 is 1.55 bits per heavy atom. The SMILES string of the molecule is CCOC(=O)C(C(=O)OCC)C(O)c1ccc(F)cc1. The lowest BCUT2D eigenvalue weighted by Crippen LogP contribution is -2.33. The monoisotopic (exact) mass is 284 g/mol. The normalized spacial score (nSPS) is 12.1. The van der Waals surface area contributed by atoms with Crippen molar-refractivity contribution in [3.8, 4) is 0 Å². The molecular formula is C14H17FO5. The highest BCUT2D eigenvalue weighted by Crippen LogP contribution is 2.25. The van der Waals surface area contributed by atoms with Crippen LogP contribution in [-0.4, -0.2) is 30.3 Å². The van der Waals surface area contributed by atoms with Gasteiger partial charge in [0.2, 0.25) is 0 Å². The zero-order valence-corrected chi connectivity index (χ0v) is 11.3. The van der Waals surface area contributed by atoms with Gasteiger partial charge in [-0.2, -0.15) is 0 Å². The van der Waals surface area contributed by atoms with Gasteiger partial charge in [-0.3, -0.25) is 9.59 Å². The van der Waals surface area contributed by atoms with Crippen molar-refractivity contribution in [1.82, 2.24) is 0 Å². The number of esters is 2. The van der Waals surface area contributed by atoms with Crippen LogP contribution in [0.15, 0.2) is 24.3 Å². The van der Waals surface area contributed by atoms with Gasteiger partial charge in [0.15, 0.2) is 5.92 Å². The third-order valence-electron chi connectivity index (χ3n) is 2.61. The number of ether oxygens (including phenoxy) is 2. The lowest BCUT2D eigenvalue weighted by molar-refractivity contribution is -0.167. The topological polar surface area (TPSA) is 72.8 Å². The standard InChI is InChI=1S/C14H17FO5/c1-3-19-13(17)11(14(18)20-4-2)12(16)9-5-7-10(15)8-6-9/h5-8,11-12,16H,3-4H2,1-2H3. The first kappa shape index (κ1) is 16.1. The van der Waals surface area contributed by atoms with Gasteiger partial charge in [-0.25, -0.2) is 4.39 Å². The fourth-order valence-electron chi connectivity index (χ4n) is 1.67. The summed E-state index contributed by atoms with van der Waals surface area (Å²) in [6, 6.07) is 4.86. The summed E-state index contributed by atoms with van der Waals surface area (Å²) in [4.78, 5) is 23.6. The van der Waals surface area contributed by atoms with Gasteiger partial charge in [-0.15, -0.1) is 0 Å². The largest absolute Gasteiger partial charge is 0.465 e. The molecule has 1 aromatic carbocycles. The van der Waals surface area contributed by atoms with Crippen LogP contribution in [0.3, 0.4) is 0 Å². The van der Waals surface area contributed by atoms with Gasteiger partial charge in [-0.05, 0) is 31.5 Å². The molecule has 5 nitrogen and oxygen atoms in total. The van der Waals surface area contributed by atoms with E-state index in [1.807, 2.05) is 0 Å². The van der Waals surface area contributed by atoms with E-state index in [0.717, 1.165) is 12.1 Å². The summed E-state index contributed by atoms with van der Waals surface area (Å²) < 4.78 is 22.4. The minimum Gasteiger partial charge on any atom is -0.465 e. The molecule has 1 rings (SSSR count). The molecule has 0 saturated carbocycles. The summed E-state index contributed by atoms with van der Waals surface area (Å²) in [5, 5.41) is 10.1. The lowest BCUT2D eigenvalue weighted by atomic mass is 9.96. The van der Waals surface area contributed by atoms with Gasteiger partial charge in [0, 0.05) is 0 Å². The number of hydrogen-bond acceptors (Lipinski definition) is 5. The van der Waals surface area contributed by atoms with E-state index in [1.165, 1.54) is 12.1 Å². The van der Waals surface area contributed by atoms with Crippen LogP contribution in [-0.2, 0) is 19.1 Å². The molecule has 6 heteroatoms. The van der Waals surface area contributed by atoms with E-state index in [1.54, 1.807) is 13.8 Å². The maximum Gasteiger partial charge on any atom is 0.323 e. The van der Waals surface area contributed by atoms with Crippen LogP contribution in [0, 0.1) is 11.7 Å². The van der Waals surface area contributed by atoms with Gasteiger partial charge in [0.05, 0.1) is 13.2 Å². The molecule has 1 atom stereocenters. The number of aliphatic hydroxyl groups is 1. The van der Waals surface area contributed by atoms with Crippen LogP contribution in [0.25, 0.3) is 0 Å². The predicted octanol–water partition coefficient (Wildman–Crippen LogP) is 1.60. The second-order valence-electron chi connectivity index (χ2n) is 3.98. The van der Waals surface area contributed by atoms with E-state index < -0.39 is 29.8 Å². The maximum atomic E-state index is 12.8. The number of hydrogen-bond donors (Lipinski definition) is 1. The van der Waals surface area contributed by atoms with Crippen LogP contribution >= 0.6 is 0 Å². The first-order valence-electron chi connectivity index (χ1n) is 6.28. The van der Waals surface area contributed by atoms with Gasteiger partial charge in [-0.1, -0.05) is 12.1 Å². The predicted molar refractivity (Wildman–Crippen MR) is 68.1 cm³/mol. The van der Waals surface area contributed by atoms with E-state index in [0.29, 0.717) is 0 Å². The molecule has 0 saturated heterocycles. The molecule has 1 unspecified atom stereocenters. The van der Waals surface area contributed by atoms with Crippen molar-refractivity contribution in [1.29, 1.82) is 0 Å². The van der Waals surface area contributed by atoms with Crippen LogP contribution in [0.4, 0.5) is 4.39 Å². The molecule has 20 heavy (non-hydrogen) atoms. The highest BCUT2D eigenvalue weighted by atomic mass is 19.1. The molecule has 0 radical (unpaired) electrons. The Morgan fingerprint density at radius 3 is 1.95 bits per heavy atom. The van der Waals surface area contributed by atoms with E-state index in [2.05, 4.69) is 0 Å². The van der Waals surface area contributed by atoms with Gasteiger partial charge < -0.3 is 14.6 Å². The van der Waals surface area contributed by atoms with E-state index in [-0.39, 0.29) is 18.8 Å². The van der Waals surface area contributed by atoms with Crippen molar-refractivity contribution in [2.24, 2.45) is 5.92 Å². The summed E-state index contributed by atoms with van der Waals surface area (Å²) in [5.41, 5.74) is 0.234. The van der Waals surface area contributed by atoms with Crippen molar-refractivity contribution in [3.05, 3.63) is 35.6 Å². The molecule has 110 valence electrons. The molecule has 0 heterocycles. The van der Waals surface area contributed by atoms with Crippen LogP contribution in [0.2, 0.25) is 0 Å². The molecule has 0 fully saturated rings. The molecule has 0 aliphatic carbocycles. The number of carbonyl (C=O) groups excluding carboxylic acids is 2. The summed E-state index contributed by atoms with van der Waals surface area (Å²) in [5.74, 6) is -3.71. The highest BCUT2D eigenvalue weighted by molar-refractivity contribution is 5.95. The fourth-order valence-corrected chi connectivity index (χ4v) is 1.67. The van der Waals surface area contributed by atoms with Gasteiger partial charge in [0.1, 0.15) is 11.9 Å². The Kier molecular flexibility index (Phi) is 6.11. The highest BCUT2D eigenvalue weighted by Gasteiger charge is 2.37. The van der Waals surface area contributed by atoms with Crippen molar-refractivity contribution in [2.45, 2.75) is 20.0 Å². The average Bonchev–Trinajstić information content (AvgIpc) is 2.40. The number of halogens is 1. The number of aliphatic hydroxyl groups excluding tert-OH is 1. The Balaban J connectivity index is 2.99. The van der Waals surface area contributed by atoms with Crippen molar-refractivity contribution >= 4 is 11.9 Å². The van der Waals surface area contributed by atoms with Crippen molar-refractivity contribution in [2.75, 3.05) is 13.2 Å². The van der Waals surface area contributed by atoms with Crippen LogP contribution < -0.4 is 0 Å². The molecular weight excluding hydrogens is 267 g/mol. The second kappa shape index (κ2) is 7.59. The summed E-state index contributed by atoms with van der Waals surface area (Å²) in [6.45, 7) is 3.32. The minimum atomic E-state index is -1.49. The smallest absolute Gasteiger partial charge is 0.323 e. The molecule has 1 N–H and O–H groups in total. The summed E-state index contributed by atoms with van der Waals surface area (Å²) >= 11 is 0. The zero-order chi connectivity index (χ0) is 15.1. The van der Waals surface area contributed by atoms with Crippen LogP contribution in [0.1, 0.15) is 25.5 Å². The molecule has 0 amide bonds. The van der Waals surface area contributed by atoms with E-state index in [4.69, 9.17) is 9.47 Å². The molecule has 0 spiro atoms. The van der Waals surface area contributed by atoms with Crippen LogP contribution in [0.5, 0.6) is 0 Å². The Bertz CT molecular complexity index is 439. The number of carbonyl (C=O) groups is 2. The van der Waals surface area contributed by atoms with Gasteiger partial charge in [0.25, 0.3) is 0 Å². The Hall–Kier alpha value is -1.95. The van der Waals surface area contributed by atoms with E-state index >= 15 is 0 Å². The number of benzene rings is 1. The van der Waals surface area contributed by atoms with E-state index in [9.17, 15) is 19.1 Å². The zero-order valence-electron chi connectivity index (χ0n) is 11.3. The fraction of sp³-hybridized carbons (Fsp3) is 0.429. The Morgan fingerprint density at radius 1 is 1.10 bits per heavy atom. The first-order valence-corrected chi connectivity index (χ1v) is 6.28. The van der Waals surface area contributed by atoms with Crippen molar-refractivity contribution < 1.29 is 28.6 Å². The summed E-state index contributed by atoms with van der Waals surface area (Å²) in [7, 11) is 0. The first-order chi connectivity index (χ1) is 9.51. The Labute approximate surface area is 116 Å². The van der Waals surface area contributed by atoms with Crippen molar-refractivity contribution in [3.63, 3.8) is 0 Å².